The lowest BCUT2D eigenvalue weighted by atomic mass is 9.89. The lowest BCUT2D eigenvalue weighted by Crippen LogP contribution is -2.43. The molecule has 0 bridgehead atoms. The van der Waals surface area contributed by atoms with E-state index in [1.807, 2.05) is 12.1 Å². The molecule has 0 fully saturated rings. The minimum Gasteiger partial charge on any atom is -0.494 e. The standard InChI is InChI=1S/C22H39NO2/c1-4-6-7-8-19(3)14-17-25-21-11-9-20(10-12-21)13-16-22(23,18-24)15-5-2/h9-12,19,24H,4-8,13-18,23H2,1-3H3/t19?,22-/m0/s1. The fraction of sp³-hybridized carbons (Fsp3) is 0.727. The van der Waals surface area contributed by atoms with Gasteiger partial charge in [0, 0.05) is 5.54 Å². The van der Waals surface area contributed by atoms with Crippen LogP contribution in [0.15, 0.2) is 24.3 Å². The van der Waals surface area contributed by atoms with Crippen molar-refractivity contribution < 1.29 is 9.84 Å². The summed E-state index contributed by atoms with van der Waals surface area (Å²) in [6, 6.07) is 8.33. The molecule has 0 saturated carbocycles. The van der Waals surface area contributed by atoms with Gasteiger partial charge in [-0.1, -0.05) is 65.0 Å². The summed E-state index contributed by atoms with van der Waals surface area (Å²) in [6.07, 6.45) is 9.96. The van der Waals surface area contributed by atoms with Crippen LogP contribution < -0.4 is 10.5 Å². The first-order chi connectivity index (χ1) is 12.0. The zero-order chi connectivity index (χ0) is 18.5. The summed E-state index contributed by atoms with van der Waals surface area (Å²) in [5.74, 6) is 1.68. The first-order valence-corrected chi connectivity index (χ1v) is 10.1. The summed E-state index contributed by atoms with van der Waals surface area (Å²) < 4.78 is 5.88. The van der Waals surface area contributed by atoms with Gasteiger partial charge in [-0.3, -0.25) is 0 Å². The second-order valence-electron chi connectivity index (χ2n) is 7.65. The molecule has 3 heteroatoms. The molecule has 0 aliphatic carbocycles. The van der Waals surface area contributed by atoms with E-state index in [9.17, 15) is 5.11 Å². The van der Waals surface area contributed by atoms with Crippen molar-refractivity contribution in [3.63, 3.8) is 0 Å². The molecule has 0 heterocycles. The molecule has 0 aromatic heterocycles. The molecule has 1 aromatic carbocycles. The number of aliphatic hydroxyl groups excluding tert-OH is 1. The molecular formula is C22H39NO2. The zero-order valence-electron chi connectivity index (χ0n) is 16.6. The van der Waals surface area contributed by atoms with Crippen LogP contribution in [0, 0.1) is 5.92 Å². The smallest absolute Gasteiger partial charge is 0.119 e. The second kappa shape index (κ2) is 12.3. The topological polar surface area (TPSA) is 55.5 Å². The first-order valence-electron chi connectivity index (χ1n) is 10.1. The summed E-state index contributed by atoms with van der Waals surface area (Å²) in [4.78, 5) is 0. The van der Waals surface area contributed by atoms with E-state index in [0.717, 1.165) is 50.4 Å². The Hall–Kier alpha value is -1.06. The number of aryl methyl sites for hydroxylation is 1. The molecule has 0 saturated heterocycles. The van der Waals surface area contributed by atoms with Crippen LogP contribution in [0.4, 0.5) is 0 Å². The minimum absolute atomic E-state index is 0.0540. The predicted octanol–water partition coefficient (Wildman–Crippen LogP) is 5.09. The third-order valence-electron chi connectivity index (χ3n) is 5.08. The van der Waals surface area contributed by atoms with Gasteiger partial charge in [-0.2, -0.15) is 0 Å². The number of unbranched alkanes of at least 4 members (excludes halogenated alkanes) is 2. The predicted molar refractivity (Wildman–Crippen MR) is 107 cm³/mol. The van der Waals surface area contributed by atoms with E-state index in [1.165, 1.54) is 31.2 Å². The van der Waals surface area contributed by atoms with Crippen molar-refractivity contribution in [1.82, 2.24) is 0 Å². The van der Waals surface area contributed by atoms with Gasteiger partial charge in [0.25, 0.3) is 0 Å². The van der Waals surface area contributed by atoms with Crippen LogP contribution in [-0.2, 0) is 6.42 Å². The van der Waals surface area contributed by atoms with Gasteiger partial charge in [-0.25, -0.2) is 0 Å². The van der Waals surface area contributed by atoms with E-state index in [1.54, 1.807) is 0 Å². The molecule has 144 valence electrons. The number of rotatable bonds is 14. The van der Waals surface area contributed by atoms with Gasteiger partial charge in [0.2, 0.25) is 0 Å². The maximum atomic E-state index is 9.50. The van der Waals surface area contributed by atoms with Gasteiger partial charge in [-0.15, -0.1) is 0 Å². The van der Waals surface area contributed by atoms with Crippen molar-refractivity contribution in [3.05, 3.63) is 29.8 Å². The van der Waals surface area contributed by atoms with Crippen LogP contribution in [-0.4, -0.2) is 23.9 Å². The minimum atomic E-state index is -0.447. The first kappa shape index (κ1) is 22.0. The van der Waals surface area contributed by atoms with Crippen LogP contribution in [0.5, 0.6) is 5.75 Å². The molecule has 2 atom stereocenters. The van der Waals surface area contributed by atoms with E-state index < -0.39 is 5.54 Å². The number of aliphatic hydroxyl groups is 1. The lowest BCUT2D eigenvalue weighted by molar-refractivity contribution is 0.177. The molecule has 0 amide bonds. The Balaban J connectivity index is 2.31. The highest BCUT2D eigenvalue weighted by Crippen LogP contribution is 2.20. The van der Waals surface area contributed by atoms with Gasteiger partial charge < -0.3 is 15.6 Å². The Morgan fingerprint density at radius 2 is 1.76 bits per heavy atom. The van der Waals surface area contributed by atoms with Crippen molar-refractivity contribution in [3.8, 4) is 5.75 Å². The summed E-state index contributed by atoms with van der Waals surface area (Å²) >= 11 is 0. The molecular weight excluding hydrogens is 310 g/mol. The summed E-state index contributed by atoms with van der Waals surface area (Å²) in [7, 11) is 0. The highest BCUT2D eigenvalue weighted by atomic mass is 16.5. The van der Waals surface area contributed by atoms with E-state index >= 15 is 0 Å². The number of ether oxygens (including phenoxy) is 1. The molecule has 3 nitrogen and oxygen atoms in total. The van der Waals surface area contributed by atoms with Crippen molar-refractivity contribution in [2.75, 3.05) is 13.2 Å². The highest BCUT2D eigenvalue weighted by Gasteiger charge is 2.22. The monoisotopic (exact) mass is 349 g/mol. The van der Waals surface area contributed by atoms with Crippen molar-refractivity contribution >= 4 is 0 Å². The molecule has 1 unspecified atom stereocenters. The Morgan fingerprint density at radius 1 is 1.04 bits per heavy atom. The molecule has 0 aliphatic heterocycles. The van der Waals surface area contributed by atoms with Gasteiger partial charge in [0.05, 0.1) is 13.2 Å². The van der Waals surface area contributed by atoms with Crippen molar-refractivity contribution in [2.45, 2.75) is 84.1 Å². The van der Waals surface area contributed by atoms with Crippen molar-refractivity contribution in [1.29, 1.82) is 0 Å². The molecule has 1 aromatic rings. The maximum Gasteiger partial charge on any atom is 0.119 e. The molecule has 3 N–H and O–H groups in total. The summed E-state index contributed by atoms with van der Waals surface area (Å²) in [5, 5.41) is 9.50. The zero-order valence-corrected chi connectivity index (χ0v) is 16.6. The van der Waals surface area contributed by atoms with E-state index in [-0.39, 0.29) is 6.61 Å². The van der Waals surface area contributed by atoms with Crippen LogP contribution in [0.25, 0.3) is 0 Å². The molecule has 25 heavy (non-hydrogen) atoms. The quantitative estimate of drug-likeness (QED) is 0.460. The summed E-state index contributed by atoms with van der Waals surface area (Å²) in [6.45, 7) is 7.52. The fourth-order valence-corrected chi connectivity index (χ4v) is 3.19. The van der Waals surface area contributed by atoms with Crippen LogP contribution >= 0.6 is 0 Å². The maximum absolute atomic E-state index is 9.50. The number of nitrogens with two attached hydrogens (primary N) is 1. The Kier molecular flexibility index (Phi) is 10.8. The van der Waals surface area contributed by atoms with E-state index in [4.69, 9.17) is 10.5 Å². The Bertz CT molecular complexity index is 446. The number of benzene rings is 1. The normalized spacial score (nSPS) is 14.9. The van der Waals surface area contributed by atoms with Crippen LogP contribution in [0.2, 0.25) is 0 Å². The number of hydrogen-bond acceptors (Lipinski definition) is 3. The van der Waals surface area contributed by atoms with Gasteiger partial charge in [-0.05, 0) is 49.3 Å². The van der Waals surface area contributed by atoms with Gasteiger partial charge >= 0.3 is 0 Å². The summed E-state index contributed by atoms with van der Waals surface area (Å²) in [5.41, 5.74) is 7.05. The third-order valence-corrected chi connectivity index (χ3v) is 5.08. The largest absolute Gasteiger partial charge is 0.494 e. The SMILES string of the molecule is CCCCCC(C)CCOc1ccc(CC[C@](N)(CO)CCC)cc1. The average Bonchev–Trinajstić information content (AvgIpc) is 2.61. The average molecular weight is 350 g/mol. The van der Waals surface area contributed by atoms with E-state index in [0.29, 0.717) is 0 Å². The van der Waals surface area contributed by atoms with Gasteiger partial charge in [0.15, 0.2) is 0 Å². The fourth-order valence-electron chi connectivity index (χ4n) is 3.19. The lowest BCUT2D eigenvalue weighted by Gasteiger charge is -2.26. The Labute approximate surface area is 155 Å². The molecule has 0 radical (unpaired) electrons. The number of hydrogen-bond donors (Lipinski definition) is 2. The van der Waals surface area contributed by atoms with Crippen molar-refractivity contribution in [2.24, 2.45) is 11.7 Å². The van der Waals surface area contributed by atoms with Gasteiger partial charge in [0.1, 0.15) is 5.75 Å². The second-order valence-corrected chi connectivity index (χ2v) is 7.65. The highest BCUT2D eigenvalue weighted by molar-refractivity contribution is 5.27. The Morgan fingerprint density at radius 3 is 2.36 bits per heavy atom. The molecule has 1 rings (SSSR count). The van der Waals surface area contributed by atoms with E-state index in [2.05, 4.69) is 32.9 Å². The third kappa shape index (κ3) is 9.27. The molecule has 0 aliphatic rings. The van der Waals surface area contributed by atoms with Crippen LogP contribution in [0.1, 0.15) is 77.7 Å². The van der Waals surface area contributed by atoms with Crippen LogP contribution in [0.3, 0.4) is 0 Å². The molecule has 0 spiro atoms.